The molecule has 2 aromatic rings. The van der Waals surface area contributed by atoms with Crippen molar-refractivity contribution in [2.24, 2.45) is 5.92 Å². The fourth-order valence-corrected chi connectivity index (χ4v) is 3.31. The van der Waals surface area contributed by atoms with Gasteiger partial charge in [0.15, 0.2) is 0 Å². The molecule has 0 bridgehead atoms. The molecule has 0 saturated heterocycles. The first-order chi connectivity index (χ1) is 12.9. The van der Waals surface area contributed by atoms with Crippen molar-refractivity contribution in [2.45, 2.75) is 18.9 Å². The average molecular weight is 369 g/mol. The second kappa shape index (κ2) is 7.49. The standard InChI is InChI=1S/C20H19NO6/c1-11(18(22)23)17(19(24)25)21-20(26)27-10-16-14-8-4-2-6-12(14)13-7-3-5-9-15(13)16/h2-9,11,16-17H,10H2,1H3,(H,21,26)(H,22,23)(H,24,25)/t11-,17-/m0/s1. The summed E-state index contributed by atoms with van der Waals surface area (Å²) in [5, 5.41) is 20.3. The largest absolute Gasteiger partial charge is 0.481 e. The summed E-state index contributed by atoms with van der Waals surface area (Å²) in [5.74, 6) is -4.20. The molecule has 0 radical (unpaired) electrons. The first-order valence-electron chi connectivity index (χ1n) is 8.47. The van der Waals surface area contributed by atoms with Crippen LogP contribution in [0.15, 0.2) is 48.5 Å². The molecule has 2 aromatic carbocycles. The number of carbonyl (C=O) groups is 3. The Kier molecular flexibility index (Phi) is 5.12. The fraction of sp³-hybridized carbons (Fsp3) is 0.250. The number of carbonyl (C=O) groups excluding carboxylic acids is 1. The lowest BCUT2D eigenvalue weighted by Crippen LogP contribution is -2.47. The number of benzene rings is 2. The van der Waals surface area contributed by atoms with Crippen LogP contribution < -0.4 is 5.32 Å². The number of nitrogens with one attached hydrogen (secondary N) is 1. The van der Waals surface area contributed by atoms with E-state index in [4.69, 9.17) is 14.9 Å². The van der Waals surface area contributed by atoms with Gasteiger partial charge in [0.05, 0.1) is 5.92 Å². The third-order valence-electron chi connectivity index (χ3n) is 4.77. The van der Waals surface area contributed by atoms with Crippen molar-refractivity contribution in [1.29, 1.82) is 0 Å². The molecule has 3 N–H and O–H groups in total. The van der Waals surface area contributed by atoms with E-state index < -0.39 is 30.0 Å². The lowest BCUT2D eigenvalue weighted by atomic mass is 9.98. The Bertz CT molecular complexity index is 848. The van der Waals surface area contributed by atoms with Crippen molar-refractivity contribution in [3.8, 4) is 11.1 Å². The highest BCUT2D eigenvalue weighted by atomic mass is 16.5. The van der Waals surface area contributed by atoms with Gasteiger partial charge in [-0.1, -0.05) is 48.5 Å². The van der Waals surface area contributed by atoms with Gasteiger partial charge in [-0.25, -0.2) is 9.59 Å². The van der Waals surface area contributed by atoms with Crippen LogP contribution in [0.4, 0.5) is 4.79 Å². The topological polar surface area (TPSA) is 113 Å². The molecule has 1 aliphatic rings. The van der Waals surface area contributed by atoms with Gasteiger partial charge in [0, 0.05) is 5.92 Å². The molecule has 0 aromatic heterocycles. The molecule has 0 fully saturated rings. The SMILES string of the molecule is C[C@H](C(=O)O)[C@H](NC(=O)OCC1c2ccccc2-c2ccccc21)C(=O)O. The highest BCUT2D eigenvalue weighted by molar-refractivity contribution is 5.86. The van der Waals surface area contributed by atoms with Crippen molar-refractivity contribution in [3.63, 3.8) is 0 Å². The molecule has 2 atom stereocenters. The van der Waals surface area contributed by atoms with E-state index in [1.165, 1.54) is 6.92 Å². The Morgan fingerprint density at radius 2 is 1.48 bits per heavy atom. The Balaban J connectivity index is 1.72. The van der Waals surface area contributed by atoms with Gasteiger partial charge >= 0.3 is 18.0 Å². The smallest absolute Gasteiger partial charge is 0.407 e. The monoisotopic (exact) mass is 369 g/mol. The number of carboxylic acid groups (broad SMARTS) is 2. The van der Waals surface area contributed by atoms with Crippen molar-refractivity contribution in [2.75, 3.05) is 6.61 Å². The predicted molar refractivity (Wildman–Crippen MR) is 96.4 cm³/mol. The minimum absolute atomic E-state index is 0.0215. The summed E-state index contributed by atoms with van der Waals surface area (Å²) in [6.07, 6.45) is -0.961. The third-order valence-corrected chi connectivity index (χ3v) is 4.77. The summed E-state index contributed by atoms with van der Waals surface area (Å²) < 4.78 is 5.24. The summed E-state index contributed by atoms with van der Waals surface area (Å²) in [7, 11) is 0. The second-order valence-corrected chi connectivity index (χ2v) is 6.41. The van der Waals surface area contributed by atoms with Gasteiger partial charge in [-0.2, -0.15) is 0 Å². The first-order valence-corrected chi connectivity index (χ1v) is 8.47. The van der Waals surface area contributed by atoms with E-state index >= 15 is 0 Å². The zero-order chi connectivity index (χ0) is 19.6. The predicted octanol–water partition coefficient (Wildman–Crippen LogP) is 2.70. The van der Waals surface area contributed by atoms with Crippen LogP contribution in [0.5, 0.6) is 0 Å². The zero-order valence-electron chi connectivity index (χ0n) is 14.6. The summed E-state index contributed by atoms with van der Waals surface area (Å²) in [5.41, 5.74) is 4.20. The molecule has 0 saturated carbocycles. The number of rotatable bonds is 6. The highest BCUT2D eigenvalue weighted by Crippen LogP contribution is 2.44. The van der Waals surface area contributed by atoms with Crippen LogP contribution in [0.25, 0.3) is 11.1 Å². The molecule has 1 amide bonds. The van der Waals surface area contributed by atoms with Gasteiger partial charge in [-0.3, -0.25) is 4.79 Å². The minimum Gasteiger partial charge on any atom is -0.481 e. The maximum absolute atomic E-state index is 12.1. The molecular weight excluding hydrogens is 350 g/mol. The van der Waals surface area contributed by atoms with Crippen LogP contribution in [-0.2, 0) is 14.3 Å². The quantitative estimate of drug-likeness (QED) is 0.722. The molecule has 7 heteroatoms. The van der Waals surface area contributed by atoms with Gasteiger partial charge in [-0.05, 0) is 29.2 Å². The van der Waals surface area contributed by atoms with Crippen LogP contribution in [-0.4, -0.2) is 40.9 Å². The third kappa shape index (κ3) is 3.62. The Morgan fingerprint density at radius 3 is 1.96 bits per heavy atom. The van der Waals surface area contributed by atoms with E-state index in [2.05, 4.69) is 5.32 Å². The molecule has 3 rings (SSSR count). The molecule has 1 aliphatic carbocycles. The Morgan fingerprint density at radius 1 is 0.963 bits per heavy atom. The lowest BCUT2D eigenvalue weighted by molar-refractivity contribution is -0.150. The number of hydrogen-bond acceptors (Lipinski definition) is 4. The van der Waals surface area contributed by atoms with Crippen molar-refractivity contribution >= 4 is 18.0 Å². The number of alkyl carbamates (subject to hydrolysis) is 1. The first kappa shape index (κ1) is 18.4. The Labute approximate surface area is 155 Å². The molecule has 27 heavy (non-hydrogen) atoms. The molecule has 0 spiro atoms. The number of amides is 1. The number of ether oxygens (including phenoxy) is 1. The molecule has 7 nitrogen and oxygen atoms in total. The molecular formula is C20H19NO6. The van der Waals surface area contributed by atoms with Crippen molar-refractivity contribution in [1.82, 2.24) is 5.32 Å². The molecule has 140 valence electrons. The Hall–Kier alpha value is -3.35. The van der Waals surface area contributed by atoms with E-state index in [9.17, 15) is 14.4 Å². The van der Waals surface area contributed by atoms with E-state index in [1.54, 1.807) is 0 Å². The molecule has 0 unspecified atom stereocenters. The van der Waals surface area contributed by atoms with Crippen LogP contribution in [0.1, 0.15) is 24.0 Å². The van der Waals surface area contributed by atoms with Gasteiger partial charge < -0.3 is 20.3 Å². The van der Waals surface area contributed by atoms with E-state index in [1.807, 2.05) is 48.5 Å². The van der Waals surface area contributed by atoms with Gasteiger partial charge in [0.25, 0.3) is 0 Å². The highest BCUT2D eigenvalue weighted by Gasteiger charge is 2.33. The van der Waals surface area contributed by atoms with Crippen molar-refractivity contribution in [3.05, 3.63) is 59.7 Å². The van der Waals surface area contributed by atoms with Crippen molar-refractivity contribution < 1.29 is 29.3 Å². The molecule has 0 aliphatic heterocycles. The summed E-state index contributed by atoms with van der Waals surface area (Å²) >= 11 is 0. The van der Waals surface area contributed by atoms with Gasteiger partial charge in [0.2, 0.25) is 0 Å². The minimum atomic E-state index is -1.57. The van der Waals surface area contributed by atoms with Gasteiger partial charge in [0.1, 0.15) is 12.6 Å². The van der Waals surface area contributed by atoms with Gasteiger partial charge in [-0.15, -0.1) is 0 Å². The van der Waals surface area contributed by atoms with Crippen LogP contribution in [0, 0.1) is 5.92 Å². The average Bonchev–Trinajstić information content (AvgIpc) is 2.97. The number of hydrogen-bond donors (Lipinski definition) is 3. The zero-order valence-corrected chi connectivity index (χ0v) is 14.6. The summed E-state index contributed by atoms with van der Waals surface area (Å²) in [6, 6.07) is 14.1. The van der Waals surface area contributed by atoms with Crippen LogP contribution >= 0.6 is 0 Å². The van der Waals surface area contributed by atoms with E-state index in [-0.39, 0.29) is 12.5 Å². The maximum Gasteiger partial charge on any atom is 0.407 e. The number of aliphatic carboxylic acids is 2. The normalized spacial score (nSPS) is 14.6. The molecule has 0 heterocycles. The summed E-state index contributed by atoms with van der Waals surface area (Å²) in [4.78, 5) is 34.3. The summed E-state index contributed by atoms with van der Waals surface area (Å²) in [6.45, 7) is 1.23. The maximum atomic E-state index is 12.1. The van der Waals surface area contributed by atoms with E-state index in [0.717, 1.165) is 22.3 Å². The van der Waals surface area contributed by atoms with E-state index in [0.29, 0.717) is 0 Å². The fourth-order valence-electron chi connectivity index (χ4n) is 3.31. The number of fused-ring (bicyclic) bond motifs is 3. The lowest BCUT2D eigenvalue weighted by Gasteiger charge is -2.19. The second-order valence-electron chi connectivity index (χ2n) is 6.41. The van der Waals surface area contributed by atoms with Crippen LogP contribution in [0.2, 0.25) is 0 Å². The number of carboxylic acids is 2. The van der Waals surface area contributed by atoms with Crippen LogP contribution in [0.3, 0.4) is 0 Å².